The van der Waals surface area contributed by atoms with Crippen molar-refractivity contribution in [1.29, 1.82) is 0 Å². The zero-order chi connectivity index (χ0) is 15.9. The van der Waals surface area contributed by atoms with Gasteiger partial charge in [-0.05, 0) is 25.0 Å². The van der Waals surface area contributed by atoms with Crippen LogP contribution in [0, 0.1) is 5.41 Å². The summed E-state index contributed by atoms with van der Waals surface area (Å²) in [6.07, 6.45) is 1.59. The maximum Gasteiger partial charge on any atom is 0.258 e. The molecule has 1 amide bonds. The predicted octanol–water partition coefficient (Wildman–Crippen LogP) is 2.23. The standard InChI is InChI=1S/C16H25NO4/c1-5-16(6-2,11-18)10-17-15(19)14-12(20-3)8-7-9-13(14)21-4/h7-9,18H,5-6,10-11H2,1-4H3,(H,17,19). The average Bonchev–Trinajstić information content (AvgIpc) is 2.55. The van der Waals surface area contributed by atoms with Crippen molar-refractivity contribution < 1.29 is 19.4 Å². The number of carbonyl (C=O) groups is 1. The van der Waals surface area contributed by atoms with Crippen LogP contribution in [0.2, 0.25) is 0 Å². The summed E-state index contributed by atoms with van der Waals surface area (Å²) in [6, 6.07) is 5.21. The van der Waals surface area contributed by atoms with E-state index in [2.05, 4.69) is 5.32 Å². The van der Waals surface area contributed by atoms with Gasteiger partial charge in [-0.15, -0.1) is 0 Å². The lowest BCUT2D eigenvalue weighted by Gasteiger charge is -2.29. The molecule has 2 N–H and O–H groups in total. The average molecular weight is 295 g/mol. The van der Waals surface area contributed by atoms with Gasteiger partial charge < -0.3 is 19.9 Å². The van der Waals surface area contributed by atoms with Crippen LogP contribution in [0.25, 0.3) is 0 Å². The molecule has 0 heterocycles. The monoisotopic (exact) mass is 295 g/mol. The summed E-state index contributed by atoms with van der Waals surface area (Å²) < 4.78 is 10.5. The topological polar surface area (TPSA) is 67.8 Å². The van der Waals surface area contributed by atoms with E-state index in [9.17, 15) is 9.90 Å². The number of amides is 1. The van der Waals surface area contributed by atoms with Gasteiger partial charge in [0, 0.05) is 12.0 Å². The van der Waals surface area contributed by atoms with E-state index in [1.807, 2.05) is 13.8 Å². The van der Waals surface area contributed by atoms with E-state index in [1.165, 1.54) is 14.2 Å². The number of hydrogen-bond acceptors (Lipinski definition) is 4. The van der Waals surface area contributed by atoms with Crippen molar-refractivity contribution in [1.82, 2.24) is 5.32 Å². The van der Waals surface area contributed by atoms with Crippen LogP contribution in [0.3, 0.4) is 0 Å². The first kappa shape index (κ1) is 17.3. The summed E-state index contributed by atoms with van der Waals surface area (Å²) in [5.41, 5.74) is 0.0896. The maximum atomic E-state index is 12.4. The van der Waals surface area contributed by atoms with E-state index in [1.54, 1.807) is 18.2 Å². The molecule has 0 aliphatic rings. The van der Waals surface area contributed by atoms with Crippen molar-refractivity contribution in [3.8, 4) is 11.5 Å². The second kappa shape index (κ2) is 7.88. The fourth-order valence-electron chi connectivity index (χ4n) is 2.21. The maximum absolute atomic E-state index is 12.4. The molecule has 5 nitrogen and oxygen atoms in total. The number of carbonyl (C=O) groups excluding carboxylic acids is 1. The normalized spacial score (nSPS) is 11.1. The molecule has 0 bridgehead atoms. The molecule has 0 aliphatic carbocycles. The smallest absolute Gasteiger partial charge is 0.258 e. The van der Waals surface area contributed by atoms with Crippen LogP contribution in [0.15, 0.2) is 18.2 Å². The largest absolute Gasteiger partial charge is 0.496 e. The fraction of sp³-hybridized carbons (Fsp3) is 0.562. The molecule has 5 heteroatoms. The van der Waals surface area contributed by atoms with Gasteiger partial charge >= 0.3 is 0 Å². The number of methoxy groups -OCH3 is 2. The lowest BCUT2D eigenvalue weighted by Crippen LogP contribution is -2.39. The number of benzene rings is 1. The third-order valence-electron chi connectivity index (χ3n) is 4.11. The van der Waals surface area contributed by atoms with Crippen molar-refractivity contribution in [2.75, 3.05) is 27.4 Å². The molecule has 0 fully saturated rings. The molecule has 0 unspecified atom stereocenters. The zero-order valence-electron chi connectivity index (χ0n) is 13.2. The lowest BCUT2D eigenvalue weighted by molar-refractivity contribution is 0.0846. The first-order valence-electron chi connectivity index (χ1n) is 7.17. The van der Waals surface area contributed by atoms with Crippen LogP contribution in [-0.4, -0.2) is 38.4 Å². The fourth-order valence-corrected chi connectivity index (χ4v) is 2.21. The molecule has 0 aromatic heterocycles. The molecular weight excluding hydrogens is 270 g/mol. The van der Waals surface area contributed by atoms with Gasteiger partial charge in [-0.3, -0.25) is 4.79 Å². The molecule has 1 rings (SSSR count). The first-order chi connectivity index (χ1) is 10.1. The van der Waals surface area contributed by atoms with E-state index >= 15 is 0 Å². The highest BCUT2D eigenvalue weighted by molar-refractivity contribution is 5.99. The summed E-state index contributed by atoms with van der Waals surface area (Å²) in [4.78, 5) is 12.4. The van der Waals surface area contributed by atoms with Gasteiger partial charge in [0.15, 0.2) is 0 Å². The van der Waals surface area contributed by atoms with Crippen molar-refractivity contribution in [2.45, 2.75) is 26.7 Å². The highest BCUT2D eigenvalue weighted by Gasteiger charge is 2.27. The minimum absolute atomic E-state index is 0.0450. The van der Waals surface area contributed by atoms with Crippen molar-refractivity contribution in [2.24, 2.45) is 5.41 Å². The van der Waals surface area contributed by atoms with Crippen LogP contribution in [0.4, 0.5) is 0 Å². The van der Waals surface area contributed by atoms with Gasteiger partial charge in [-0.2, -0.15) is 0 Å². The molecule has 0 saturated heterocycles. The van der Waals surface area contributed by atoms with Gasteiger partial charge in [-0.25, -0.2) is 0 Å². The zero-order valence-corrected chi connectivity index (χ0v) is 13.2. The Kier molecular flexibility index (Phi) is 6.49. The van der Waals surface area contributed by atoms with Crippen molar-refractivity contribution >= 4 is 5.91 Å². The molecule has 0 atom stereocenters. The Balaban J connectivity index is 2.94. The molecule has 118 valence electrons. The Hall–Kier alpha value is -1.75. The van der Waals surface area contributed by atoms with E-state index in [0.717, 1.165) is 12.8 Å². The van der Waals surface area contributed by atoms with Crippen molar-refractivity contribution in [3.05, 3.63) is 23.8 Å². The highest BCUT2D eigenvalue weighted by Crippen LogP contribution is 2.29. The van der Waals surface area contributed by atoms with E-state index in [0.29, 0.717) is 23.6 Å². The lowest BCUT2D eigenvalue weighted by atomic mass is 9.83. The Morgan fingerprint density at radius 1 is 1.19 bits per heavy atom. The van der Waals surface area contributed by atoms with Gasteiger partial charge in [0.05, 0.1) is 20.8 Å². The van der Waals surface area contributed by atoms with Crippen LogP contribution in [-0.2, 0) is 0 Å². The number of rotatable bonds is 8. The van der Waals surface area contributed by atoms with Crippen LogP contribution in [0.5, 0.6) is 11.5 Å². The van der Waals surface area contributed by atoms with Gasteiger partial charge in [0.2, 0.25) is 0 Å². The second-order valence-corrected chi connectivity index (χ2v) is 5.09. The van der Waals surface area contributed by atoms with E-state index in [-0.39, 0.29) is 17.9 Å². The summed E-state index contributed by atoms with van der Waals surface area (Å²) in [7, 11) is 3.03. The molecule has 0 aliphatic heterocycles. The molecular formula is C16H25NO4. The van der Waals surface area contributed by atoms with Crippen molar-refractivity contribution in [3.63, 3.8) is 0 Å². The SMILES string of the molecule is CCC(CC)(CO)CNC(=O)c1c(OC)cccc1OC. The predicted molar refractivity (Wildman–Crippen MR) is 82.0 cm³/mol. The minimum atomic E-state index is -0.287. The third kappa shape index (κ3) is 3.88. The Labute approximate surface area is 126 Å². The van der Waals surface area contributed by atoms with Crippen LogP contribution in [0.1, 0.15) is 37.0 Å². The Morgan fingerprint density at radius 3 is 2.10 bits per heavy atom. The Bertz CT molecular complexity index is 439. The molecule has 21 heavy (non-hydrogen) atoms. The van der Waals surface area contributed by atoms with E-state index < -0.39 is 0 Å². The molecule has 0 saturated carbocycles. The number of aliphatic hydroxyl groups excluding tert-OH is 1. The summed E-state index contributed by atoms with van der Waals surface area (Å²) in [5.74, 6) is 0.674. The summed E-state index contributed by atoms with van der Waals surface area (Å²) in [5, 5.41) is 12.4. The first-order valence-corrected chi connectivity index (χ1v) is 7.17. The third-order valence-corrected chi connectivity index (χ3v) is 4.11. The minimum Gasteiger partial charge on any atom is -0.496 e. The van der Waals surface area contributed by atoms with Gasteiger partial charge in [0.25, 0.3) is 5.91 Å². The number of hydrogen-bond donors (Lipinski definition) is 2. The number of nitrogens with one attached hydrogen (secondary N) is 1. The summed E-state index contributed by atoms with van der Waals surface area (Å²) >= 11 is 0. The second-order valence-electron chi connectivity index (χ2n) is 5.09. The van der Waals surface area contributed by atoms with Crippen LogP contribution >= 0.6 is 0 Å². The quantitative estimate of drug-likeness (QED) is 0.772. The molecule has 1 aromatic carbocycles. The summed E-state index contributed by atoms with van der Waals surface area (Å²) in [6.45, 7) is 4.48. The highest BCUT2D eigenvalue weighted by atomic mass is 16.5. The molecule has 0 radical (unpaired) electrons. The number of aliphatic hydroxyl groups is 1. The van der Waals surface area contributed by atoms with E-state index in [4.69, 9.17) is 9.47 Å². The van der Waals surface area contributed by atoms with Gasteiger partial charge in [-0.1, -0.05) is 19.9 Å². The number of ether oxygens (including phenoxy) is 2. The molecule has 1 aromatic rings. The van der Waals surface area contributed by atoms with Gasteiger partial charge in [0.1, 0.15) is 17.1 Å². The molecule has 0 spiro atoms. The van der Waals surface area contributed by atoms with Crippen LogP contribution < -0.4 is 14.8 Å². The Morgan fingerprint density at radius 2 is 1.71 bits per heavy atom.